The second-order valence-corrected chi connectivity index (χ2v) is 0.863. The maximum Gasteiger partial charge on any atom is 0.269 e. The molecule has 0 rings (SSSR count). The van der Waals surface area contributed by atoms with E-state index in [2.05, 4.69) is 4.99 Å². The Kier molecular flexibility index (Phi) is 2.53. The fraction of sp³-hybridized carbons (Fsp3) is 0. The lowest BCUT2D eigenvalue weighted by atomic mass is 10.7. The van der Waals surface area contributed by atoms with E-state index in [0.29, 0.717) is 6.34 Å². The summed E-state index contributed by atoms with van der Waals surface area (Å²) in [6.45, 7) is 0. The minimum absolute atomic E-state index is 0.323. The van der Waals surface area contributed by atoms with Crippen LogP contribution in [0, 0.1) is 10.8 Å². The quantitative estimate of drug-likeness (QED) is 0.401. The maximum atomic E-state index is 11.5. The molecule has 0 unspecified atom stereocenters. The summed E-state index contributed by atoms with van der Waals surface area (Å²) in [5, 5.41) is 12.0. The molecule has 0 aliphatic carbocycles. The minimum atomic E-state index is -1.76. The summed E-state index contributed by atoms with van der Waals surface area (Å²) in [4.78, 5) is 2.52. The summed E-state index contributed by atoms with van der Waals surface area (Å²) >= 11 is 0. The first-order valence-electron chi connectivity index (χ1n) is 1.65. The molecule has 0 bridgehead atoms. The van der Waals surface area contributed by atoms with Gasteiger partial charge < -0.3 is 0 Å². The average molecular weight is 119 g/mol. The highest BCUT2D eigenvalue weighted by atomic mass is 19.2. The van der Waals surface area contributed by atoms with Crippen molar-refractivity contribution in [2.45, 2.75) is 0 Å². The number of hydrogen-bond acceptors (Lipinski definition) is 2. The molecule has 0 aliphatic rings. The summed E-state index contributed by atoms with van der Waals surface area (Å²) < 4.78 is 22.8. The Bertz CT molecular complexity index is 139. The zero-order chi connectivity index (χ0) is 6.57. The predicted octanol–water partition coefficient (Wildman–Crippen LogP) is 0.908. The number of nitrogens with zero attached hydrogens (tertiary/aromatic N) is 1. The lowest BCUT2D eigenvalue weighted by Crippen LogP contribution is -1.98. The van der Waals surface area contributed by atoms with Gasteiger partial charge in [-0.15, -0.1) is 0 Å². The van der Waals surface area contributed by atoms with Crippen LogP contribution in [0.2, 0.25) is 0 Å². The lowest BCUT2D eigenvalue weighted by molar-refractivity contribution is 0.754. The molecule has 0 aromatic rings. The van der Waals surface area contributed by atoms with Gasteiger partial charge in [-0.2, -0.15) is 8.78 Å². The van der Waals surface area contributed by atoms with Gasteiger partial charge in [0.25, 0.3) is 11.9 Å². The Balaban J connectivity index is 3.99. The highest BCUT2D eigenvalue weighted by Crippen LogP contribution is 1.82. The van der Waals surface area contributed by atoms with Crippen molar-refractivity contribution < 1.29 is 8.78 Å². The standard InChI is InChI=1S/C3H3F2N3/c4-2(7)3(5)8-1-6/h1,6-7H/b6-1?,7-2?,8-3+. The van der Waals surface area contributed by atoms with Gasteiger partial charge in [-0.05, 0) is 0 Å². The highest BCUT2D eigenvalue weighted by molar-refractivity contribution is 6.34. The number of aliphatic imine (C=N–C) groups is 1. The van der Waals surface area contributed by atoms with E-state index in [9.17, 15) is 8.78 Å². The molecule has 3 nitrogen and oxygen atoms in total. The summed E-state index contributed by atoms with van der Waals surface area (Å²) in [6.07, 6.45) is 0.323. The topological polar surface area (TPSA) is 60.1 Å². The molecular formula is C3H3F2N3. The van der Waals surface area contributed by atoms with Crippen LogP contribution < -0.4 is 0 Å². The Morgan fingerprint density at radius 3 is 2.12 bits per heavy atom. The summed E-state index contributed by atoms with van der Waals surface area (Å²) in [5.74, 6) is -3.33. The third-order valence-corrected chi connectivity index (χ3v) is 0.359. The van der Waals surface area contributed by atoms with E-state index in [-0.39, 0.29) is 0 Å². The normalized spacial score (nSPS) is 11.0. The van der Waals surface area contributed by atoms with Gasteiger partial charge in [0.2, 0.25) is 0 Å². The molecule has 0 saturated carbocycles. The predicted molar refractivity (Wildman–Crippen MR) is 26.2 cm³/mol. The lowest BCUT2D eigenvalue weighted by Gasteiger charge is -1.79. The van der Waals surface area contributed by atoms with E-state index < -0.39 is 11.9 Å². The van der Waals surface area contributed by atoms with Crippen molar-refractivity contribution >= 4 is 18.3 Å². The summed E-state index contributed by atoms with van der Waals surface area (Å²) in [5.41, 5.74) is 0. The molecule has 0 spiro atoms. The van der Waals surface area contributed by atoms with Crippen molar-refractivity contribution in [2.75, 3.05) is 0 Å². The van der Waals surface area contributed by atoms with Gasteiger partial charge in [0.15, 0.2) is 0 Å². The van der Waals surface area contributed by atoms with Crippen molar-refractivity contribution in [1.82, 2.24) is 0 Å². The molecule has 0 heterocycles. The van der Waals surface area contributed by atoms with Crippen LogP contribution in [0.5, 0.6) is 0 Å². The van der Waals surface area contributed by atoms with E-state index in [1.165, 1.54) is 0 Å². The van der Waals surface area contributed by atoms with E-state index in [1.54, 1.807) is 0 Å². The van der Waals surface area contributed by atoms with Gasteiger partial charge in [-0.3, -0.25) is 10.8 Å². The Morgan fingerprint density at radius 2 is 2.00 bits per heavy atom. The molecule has 44 valence electrons. The van der Waals surface area contributed by atoms with Crippen molar-refractivity contribution in [3.8, 4) is 0 Å². The van der Waals surface area contributed by atoms with Crippen LogP contribution in [0.15, 0.2) is 4.99 Å². The average Bonchev–Trinajstić information content (AvgIpc) is 1.67. The monoisotopic (exact) mass is 119 g/mol. The first-order chi connectivity index (χ1) is 3.68. The van der Waals surface area contributed by atoms with Crippen LogP contribution in [0.4, 0.5) is 8.78 Å². The van der Waals surface area contributed by atoms with E-state index in [0.717, 1.165) is 0 Å². The van der Waals surface area contributed by atoms with Crippen molar-refractivity contribution in [1.29, 1.82) is 10.8 Å². The SMILES string of the molecule is N=C/N=C(/F)C(=N)F. The van der Waals surface area contributed by atoms with E-state index in [4.69, 9.17) is 10.8 Å². The van der Waals surface area contributed by atoms with Gasteiger partial charge in [0.1, 0.15) is 6.34 Å². The molecule has 0 atom stereocenters. The van der Waals surface area contributed by atoms with E-state index >= 15 is 0 Å². The molecule has 8 heavy (non-hydrogen) atoms. The van der Waals surface area contributed by atoms with Crippen LogP contribution >= 0.6 is 0 Å². The van der Waals surface area contributed by atoms with Crippen molar-refractivity contribution in [2.24, 2.45) is 4.99 Å². The van der Waals surface area contributed by atoms with Gasteiger partial charge >= 0.3 is 0 Å². The van der Waals surface area contributed by atoms with Crippen molar-refractivity contribution in [3.05, 3.63) is 0 Å². The second kappa shape index (κ2) is 2.95. The van der Waals surface area contributed by atoms with Gasteiger partial charge in [-0.25, -0.2) is 4.99 Å². The third-order valence-electron chi connectivity index (χ3n) is 0.359. The first-order valence-corrected chi connectivity index (χ1v) is 1.65. The van der Waals surface area contributed by atoms with Crippen LogP contribution in [-0.4, -0.2) is 18.3 Å². The molecule has 0 aliphatic heterocycles. The molecule has 0 aromatic carbocycles. The van der Waals surface area contributed by atoms with Crippen LogP contribution in [0.25, 0.3) is 0 Å². The number of halogens is 2. The largest absolute Gasteiger partial charge is 0.289 e. The fourth-order valence-electron chi connectivity index (χ4n) is 0.113. The van der Waals surface area contributed by atoms with Crippen molar-refractivity contribution in [3.63, 3.8) is 0 Å². The Labute approximate surface area is 44.1 Å². The molecular weight excluding hydrogens is 116 g/mol. The zero-order valence-electron chi connectivity index (χ0n) is 3.78. The Hall–Kier alpha value is -1.13. The molecule has 0 saturated heterocycles. The number of rotatable bonds is 2. The molecule has 0 radical (unpaired) electrons. The second-order valence-electron chi connectivity index (χ2n) is 0.863. The van der Waals surface area contributed by atoms with Crippen LogP contribution in [0.1, 0.15) is 0 Å². The highest BCUT2D eigenvalue weighted by Gasteiger charge is 2.00. The smallest absolute Gasteiger partial charge is 0.269 e. The number of hydrogen-bond donors (Lipinski definition) is 2. The molecule has 0 aromatic heterocycles. The fourth-order valence-corrected chi connectivity index (χ4v) is 0.113. The Morgan fingerprint density at radius 1 is 1.50 bits per heavy atom. The molecule has 5 heteroatoms. The maximum absolute atomic E-state index is 11.5. The minimum Gasteiger partial charge on any atom is -0.289 e. The molecule has 0 fully saturated rings. The third kappa shape index (κ3) is 2.12. The molecule has 0 amide bonds. The summed E-state index contributed by atoms with van der Waals surface area (Å²) in [6, 6.07) is 0. The molecule has 2 N–H and O–H groups in total. The summed E-state index contributed by atoms with van der Waals surface area (Å²) in [7, 11) is 0. The van der Waals surface area contributed by atoms with Crippen LogP contribution in [-0.2, 0) is 0 Å². The van der Waals surface area contributed by atoms with Crippen LogP contribution in [0.3, 0.4) is 0 Å². The van der Waals surface area contributed by atoms with Gasteiger partial charge in [0.05, 0.1) is 0 Å². The van der Waals surface area contributed by atoms with Gasteiger partial charge in [0, 0.05) is 0 Å². The zero-order valence-corrected chi connectivity index (χ0v) is 3.78. The number of nitrogens with one attached hydrogen (secondary N) is 2. The first kappa shape index (κ1) is 6.87. The van der Waals surface area contributed by atoms with Gasteiger partial charge in [-0.1, -0.05) is 0 Å². The van der Waals surface area contributed by atoms with E-state index in [1.807, 2.05) is 0 Å².